The minimum absolute atomic E-state index is 0.00577. The lowest BCUT2D eigenvalue weighted by Crippen LogP contribution is -2.45. The highest BCUT2D eigenvalue weighted by molar-refractivity contribution is 5.76. The molecule has 6 heteroatoms. The summed E-state index contributed by atoms with van der Waals surface area (Å²) in [7, 11) is 0. The van der Waals surface area contributed by atoms with Gasteiger partial charge in [-0.1, -0.05) is 289 Å². The first-order valence-electron chi connectivity index (χ1n) is 29.0. The van der Waals surface area contributed by atoms with Gasteiger partial charge in [0.2, 0.25) is 5.91 Å². The summed E-state index contributed by atoms with van der Waals surface area (Å²) in [4.78, 5) is 24.5. The number of aliphatic hydroxyl groups excluding tert-OH is 2. The highest BCUT2D eigenvalue weighted by atomic mass is 16.5. The smallest absolute Gasteiger partial charge is 0.305 e. The van der Waals surface area contributed by atoms with Gasteiger partial charge in [-0.15, -0.1) is 0 Å². The maximum atomic E-state index is 12.5. The number of amides is 1. The number of ether oxygens (including phenoxy) is 1. The van der Waals surface area contributed by atoms with Crippen LogP contribution >= 0.6 is 0 Å². The maximum absolute atomic E-state index is 12.5. The van der Waals surface area contributed by atoms with Crippen LogP contribution in [0.4, 0.5) is 0 Å². The van der Waals surface area contributed by atoms with Crippen molar-refractivity contribution in [2.45, 2.75) is 334 Å². The molecule has 0 saturated carbocycles. The highest BCUT2D eigenvalue weighted by Gasteiger charge is 2.18. The topological polar surface area (TPSA) is 95.9 Å². The summed E-state index contributed by atoms with van der Waals surface area (Å²) in [5, 5.41) is 23.1. The minimum atomic E-state index is -0.854. The molecule has 0 fully saturated rings. The predicted octanol–water partition coefficient (Wildman–Crippen LogP) is 17.7. The molecule has 0 rings (SSSR count). The first kappa shape index (κ1) is 62.6. The lowest BCUT2D eigenvalue weighted by molar-refractivity contribution is -0.143. The third-order valence-corrected chi connectivity index (χ3v) is 13.6. The number of esters is 1. The SMILES string of the molecule is CCCCCCCCCCCCCCCCC/C=C/C(O)C(CO)NC(=O)CCCCCCCCCCCCCCOC(=O)CCCCCCCCCCCCCCCCCCCC. The molecule has 0 aromatic carbocycles. The summed E-state index contributed by atoms with van der Waals surface area (Å²) in [5.41, 5.74) is 0. The predicted molar refractivity (Wildman–Crippen MR) is 278 cm³/mol. The van der Waals surface area contributed by atoms with E-state index in [-0.39, 0.29) is 18.5 Å². The van der Waals surface area contributed by atoms with Crippen LogP contribution in [0.1, 0.15) is 322 Å². The second-order valence-corrected chi connectivity index (χ2v) is 20.0. The van der Waals surface area contributed by atoms with Crippen molar-refractivity contribution in [3.05, 3.63) is 12.2 Å². The number of hydrogen-bond donors (Lipinski definition) is 3. The molecule has 3 N–H and O–H groups in total. The van der Waals surface area contributed by atoms with Crippen LogP contribution in [0.15, 0.2) is 12.2 Å². The lowest BCUT2D eigenvalue weighted by atomic mass is 10.0. The molecule has 2 atom stereocenters. The second-order valence-electron chi connectivity index (χ2n) is 20.0. The molecule has 0 aliphatic carbocycles. The number of carbonyl (C=O) groups excluding carboxylic acids is 2. The Morgan fingerprint density at radius 1 is 0.422 bits per heavy atom. The van der Waals surface area contributed by atoms with Gasteiger partial charge in [-0.05, 0) is 32.1 Å². The second kappa shape index (κ2) is 54.2. The van der Waals surface area contributed by atoms with Crippen LogP contribution in [-0.4, -0.2) is 47.4 Å². The summed E-state index contributed by atoms with van der Waals surface area (Å²) >= 11 is 0. The van der Waals surface area contributed by atoms with Crippen molar-refractivity contribution < 1.29 is 24.5 Å². The average molecular weight is 905 g/mol. The molecule has 0 aliphatic heterocycles. The van der Waals surface area contributed by atoms with Crippen LogP contribution in [-0.2, 0) is 14.3 Å². The zero-order valence-corrected chi connectivity index (χ0v) is 43.3. The number of allylic oxidation sites excluding steroid dienone is 1. The summed E-state index contributed by atoms with van der Waals surface area (Å²) < 4.78 is 5.48. The van der Waals surface area contributed by atoms with Gasteiger partial charge in [0.1, 0.15) is 0 Å². The van der Waals surface area contributed by atoms with Gasteiger partial charge in [-0.3, -0.25) is 9.59 Å². The molecule has 0 aliphatic rings. The lowest BCUT2D eigenvalue weighted by Gasteiger charge is -2.20. The third kappa shape index (κ3) is 50.0. The van der Waals surface area contributed by atoms with Gasteiger partial charge in [0.25, 0.3) is 0 Å². The van der Waals surface area contributed by atoms with E-state index in [1.165, 1.54) is 238 Å². The number of hydrogen-bond acceptors (Lipinski definition) is 5. The van der Waals surface area contributed by atoms with Crippen molar-refractivity contribution >= 4 is 11.9 Å². The fourth-order valence-electron chi connectivity index (χ4n) is 9.11. The molecule has 1 amide bonds. The van der Waals surface area contributed by atoms with E-state index in [0.29, 0.717) is 19.4 Å². The standard InChI is InChI=1S/C58H113NO5/c1-3-5-7-9-11-13-15-17-19-21-23-25-27-32-36-40-44-48-52-58(63)64-53-49-45-41-37-33-29-28-31-35-39-43-47-51-57(62)59-55(54-60)56(61)50-46-42-38-34-30-26-24-22-20-18-16-14-12-10-8-6-4-2/h46,50,55-56,60-61H,3-45,47-49,51-54H2,1-2H3,(H,59,62)/b50-46+. The van der Waals surface area contributed by atoms with Gasteiger partial charge in [0.05, 0.1) is 25.4 Å². The van der Waals surface area contributed by atoms with Crippen LogP contribution < -0.4 is 5.32 Å². The van der Waals surface area contributed by atoms with Crippen molar-refractivity contribution in [3.8, 4) is 0 Å². The van der Waals surface area contributed by atoms with Crippen LogP contribution in [0.25, 0.3) is 0 Å². The van der Waals surface area contributed by atoms with Crippen LogP contribution in [0.2, 0.25) is 0 Å². The quantitative estimate of drug-likeness (QED) is 0.0321. The van der Waals surface area contributed by atoms with E-state index in [2.05, 4.69) is 19.2 Å². The number of rotatable bonds is 54. The first-order chi connectivity index (χ1) is 31.5. The van der Waals surface area contributed by atoms with Crippen molar-refractivity contribution in [2.24, 2.45) is 0 Å². The van der Waals surface area contributed by atoms with Crippen LogP contribution in [0.5, 0.6) is 0 Å². The Bertz CT molecular complexity index is 955. The Kier molecular flexibility index (Phi) is 53.0. The van der Waals surface area contributed by atoms with Crippen molar-refractivity contribution in [2.75, 3.05) is 13.2 Å². The number of carbonyl (C=O) groups is 2. The van der Waals surface area contributed by atoms with Crippen molar-refractivity contribution in [3.63, 3.8) is 0 Å². The first-order valence-corrected chi connectivity index (χ1v) is 29.0. The average Bonchev–Trinajstić information content (AvgIpc) is 3.29. The van der Waals surface area contributed by atoms with Gasteiger partial charge >= 0.3 is 5.97 Å². The van der Waals surface area contributed by atoms with Crippen LogP contribution in [0.3, 0.4) is 0 Å². The number of unbranched alkanes of at least 4 members (excludes halogenated alkanes) is 43. The Morgan fingerprint density at radius 2 is 0.719 bits per heavy atom. The molecule has 0 aromatic rings. The fourth-order valence-corrected chi connectivity index (χ4v) is 9.11. The number of nitrogens with one attached hydrogen (secondary N) is 1. The molecule has 2 unspecified atom stereocenters. The van der Waals surface area contributed by atoms with Crippen molar-refractivity contribution in [1.29, 1.82) is 0 Å². The van der Waals surface area contributed by atoms with E-state index >= 15 is 0 Å². The monoisotopic (exact) mass is 904 g/mol. The molecule has 0 heterocycles. The van der Waals surface area contributed by atoms with E-state index in [9.17, 15) is 19.8 Å². The minimum Gasteiger partial charge on any atom is -0.466 e. The van der Waals surface area contributed by atoms with E-state index in [0.717, 1.165) is 57.8 Å². The molecule has 0 bridgehead atoms. The zero-order chi connectivity index (χ0) is 46.5. The van der Waals surface area contributed by atoms with Gasteiger partial charge in [0.15, 0.2) is 0 Å². The zero-order valence-electron chi connectivity index (χ0n) is 43.3. The normalized spacial score (nSPS) is 12.6. The molecular formula is C58H113NO5. The molecule has 0 spiro atoms. The molecule has 64 heavy (non-hydrogen) atoms. The van der Waals surface area contributed by atoms with Gasteiger partial charge in [0, 0.05) is 12.8 Å². The largest absolute Gasteiger partial charge is 0.466 e. The molecule has 6 nitrogen and oxygen atoms in total. The Hall–Kier alpha value is -1.40. The summed E-state index contributed by atoms with van der Waals surface area (Å²) in [5.74, 6) is -0.0864. The summed E-state index contributed by atoms with van der Waals surface area (Å²) in [6.07, 6.45) is 63.7. The summed E-state index contributed by atoms with van der Waals surface area (Å²) in [6.45, 7) is 4.90. The molecule has 0 saturated heterocycles. The molecule has 0 radical (unpaired) electrons. The Labute approximate surface area is 399 Å². The van der Waals surface area contributed by atoms with E-state index < -0.39 is 12.1 Å². The van der Waals surface area contributed by atoms with E-state index in [4.69, 9.17) is 4.74 Å². The Balaban J connectivity index is 3.45. The van der Waals surface area contributed by atoms with Crippen molar-refractivity contribution in [1.82, 2.24) is 5.32 Å². The Morgan fingerprint density at radius 3 is 1.06 bits per heavy atom. The van der Waals surface area contributed by atoms with Gasteiger partial charge < -0.3 is 20.3 Å². The molecule has 0 aromatic heterocycles. The van der Waals surface area contributed by atoms with E-state index in [1.54, 1.807) is 6.08 Å². The van der Waals surface area contributed by atoms with Crippen LogP contribution in [0, 0.1) is 0 Å². The van der Waals surface area contributed by atoms with E-state index in [1.807, 2.05) is 6.08 Å². The highest BCUT2D eigenvalue weighted by Crippen LogP contribution is 2.17. The van der Waals surface area contributed by atoms with Gasteiger partial charge in [-0.2, -0.15) is 0 Å². The maximum Gasteiger partial charge on any atom is 0.305 e. The fraction of sp³-hybridized carbons (Fsp3) is 0.931. The number of aliphatic hydroxyl groups is 2. The molecule has 380 valence electrons. The molecular weight excluding hydrogens is 791 g/mol. The van der Waals surface area contributed by atoms with Gasteiger partial charge in [-0.25, -0.2) is 0 Å². The third-order valence-electron chi connectivity index (χ3n) is 13.6. The summed E-state index contributed by atoms with van der Waals surface area (Å²) in [6, 6.07) is -0.638.